The molecule has 1 aromatic carbocycles. The number of nitrogens with zero attached hydrogens (tertiary/aromatic N) is 2. The summed E-state index contributed by atoms with van der Waals surface area (Å²) in [4.78, 5) is 22.9. The molecule has 20 heavy (non-hydrogen) atoms. The monoisotopic (exact) mass is 264 g/mol. The number of pyridine rings is 1. The van der Waals surface area contributed by atoms with E-state index in [-0.39, 0.29) is 5.56 Å². The zero-order valence-corrected chi connectivity index (χ0v) is 10.6. The van der Waals surface area contributed by atoms with Gasteiger partial charge in [-0.05, 0) is 36.4 Å². The Kier molecular flexibility index (Phi) is 3.01. The van der Waals surface area contributed by atoms with Crippen molar-refractivity contribution < 1.29 is 0 Å². The third-order valence-corrected chi connectivity index (χ3v) is 2.92. The highest BCUT2D eigenvalue weighted by molar-refractivity contribution is 5.64. The Bertz CT molecular complexity index is 779. The van der Waals surface area contributed by atoms with E-state index < -0.39 is 0 Å². The lowest BCUT2D eigenvalue weighted by Gasteiger charge is -2.05. The van der Waals surface area contributed by atoms with E-state index in [0.717, 1.165) is 11.1 Å². The van der Waals surface area contributed by atoms with Gasteiger partial charge in [0.1, 0.15) is 5.82 Å². The Morgan fingerprint density at radius 1 is 0.950 bits per heavy atom. The normalized spacial score (nSPS) is 10.4. The summed E-state index contributed by atoms with van der Waals surface area (Å²) in [7, 11) is 0. The molecule has 0 saturated carbocycles. The molecule has 0 fully saturated rings. The lowest BCUT2D eigenvalue weighted by atomic mass is 10.1. The van der Waals surface area contributed by atoms with Crippen molar-refractivity contribution in [2.75, 3.05) is 5.73 Å². The number of nitrogen functional groups attached to an aromatic ring is 1. The van der Waals surface area contributed by atoms with Crippen LogP contribution in [0.4, 0.5) is 5.69 Å². The van der Waals surface area contributed by atoms with E-state index in [1.165, 1.54) is 6.07 Å². The largest absolute Gasteiger partial charge is 0.399 e. The second kappa shape index (κ2) is 4.97. The van der Waals surface area contributed by atoms with Crippen molar-refractivity contribution in [2.24, 2.45) is 0 Å². The van der Waals surface area contributed by atoms with Crippen molar-refractivity contribution in [1.82, 2.24) is 15.0 Å². The molecule has 0 amide bonds. The van der Waals surface area contributed by atoms with Gasteiger partial charge in [-0.25, -0.2) is 0 Å². The highest BCUT2D eigenvalue weighted by atomic mass is 16.1. The maximum Gasteiger partial charge on any atom is 0.273 e. The van der Waals surface area contributed by atoms with E-state index in [1.54, 1.807) is 24.5 Å². The number of benzene rings is 1. The number of H-pyrrole nitrogens is 1. The Morgan fingerprint density at radius 3 is 2.35 bits per heavy atom. The number of aromatic amines is 1. The van der Waals surface area contributed by atoms with Crippen LogP contribution in [0.5, 0.6) is 0 Å². The Morgan fingerprint density at radius 2 is 1.65 bits per heavy atom. The average molecular weight is 264 g/mol. The predicted octanol–water partition coefficient (Wildman–Crippen LogP) is 2.08. The second-order valence-corrected chi connectivity index (χ2v) is 4.34. The highest BCUT2D eigenvalue weighted by Gasteiger charge is 2.05. The van der Waals surface area contributed by atoms with Gasteiger partial charge in [-0.1, -0.05) is 0 Å². The zero-order chi connectivity index (χ0) is 13.9. The predicted molar refractivity (Wildman–Crippen MR) is 77.9 cm³/mol. The molecule has 0 aliphatic carbocycles. The van der Waals surface area contributed by atoms with Crippen LogP contribution in [0, 0.1) is 0 Å². The van der Waals surface area contributed by atoms with E-state index in [9.17, 15) is 4.79 Å². The number of nitrogens with one attached hydrogen (secondary N) is 1. The van der Waals surface area contributed by atoms with Gasteiger partial charge in [0, 0.05) is 35.3 Å². The van der Waals surface area contributed by atoms with Crippen molar-refractivity contribution in [3.05, 3.63) is 65.2 Å². The summed E-state index contributed by atoms with van der Waals surface area (Å²) in [6.45, 7) is 0. The Hall–Kier alpha value is -2.95. The van der Waals surface area contributed by atoms with E-state index in [2.05, 4.69) is 15.0 Å². The first-order chi connectivity index (χ1) is 9.72. The van der Waals surface area contributed by atoms with E-state index in [1.807, 2.05) is 24.3 Å². The summed E-state index contributed by atoms with van der Waals surface area (Å²) in [6, 6.07) is 12.3. The Labute approximate surface area is 115 Å². The minimum atomic E-state index is -0.289. The molecule has 5 heteroatoms. The molecule has 2 heterocycles. The molecule has 98 valence electrons. The fraction of sp³-hybridized carbons (Fsp3) is 0. The lowest BCUT2D eigenvalue weighted by molar-refractivity contribution is 1.13. The second-order valence-electron chi connectivity index (χ2n) is 4.34. The molecule has 3 N–H and O–H groups in total. The van der Waals surface area contributed by atoms with Gasteiger partial charge in [-0.15, -0.1) is 0 Å². The van der Waals surface area contributed by atoms with Crippen LogP contribution in [-0.4, -0.2) is 15.0 Å². The smallest absolute Gasteiger partial charge is 0.273 e. The van der Waals surface area contributed by atoms with Crippen LogP contribution < -0.4 is 11.3 Å². The SMILES string of the molecule is Nc1ccc(-c2nc(=O)cc(-c3ccncc3)[nH]2)cc1. The molecule has 3 rings (SSSR count). The summed E-state index contributed by atoms with van der Waals surface area (Å²) in [6.07, 6.45) is 3.36. The van der Waals surface area contributed by atoms with Gasteiger partial charge in [0.05, 0.1) is 5.69 Å². The maximum absolute atomic E-state index is 11.8. The fourth-order valence-electron chi connectivity index (χ4n) is 1.92. The van der Waals surface area contributed by atoms with E-state index in [0.29, 0.717) is 17.2 Å². The third-order valence-electron chi connectivity index (χ3n) is 2.92. The Balaban J connectivity index is 2.12. The number of aromatic nitrogens is 3. The summed E-state index contributed by atoms with van der Waals surface area (Å²) < 4.78 is 0. The highest BCUT2D eigenvalue weighted by Crippen LogP contribution is 2.19. The summed E-state index contributed by atoms with van der Waals surface area (Å²) >= 11 is 0. The number of hydrogen-bond acceptors (Lipinski definition) is 4. The molecule has 0 spiro atoms. The van der Waals surface area contributed by atoms with Gasteiger partial charge < -0.3 is 10.7 Å². The minimum absolute atomic E-state index is 0.289. The molecule has 0 radical (unpaired) electrons. The van der Waals surface area contributed by atoms with Crippen LogP contribution in [0.15, 0.2) is 59.7 Å². The minimum Gasteiger partial charge on any atom is -0.399 e. The molecule has 3 aromatic rings. The molecule has 0 bridgehead atoms. The van der Waals surface area contributed by atoms with Crippen LogP contribution in [-0.2, 0) is 0 Å². The number of nitrogens with two attached hydrogens (primary N) is 1. The molecule has 0 unspecified atom stereocenters. The molecule has 0 aliphatic rings. The van der Waals surface area contributed by atoms with Crippen LogP contribution in [0.1, 0.15) is 0 Å². The number of rotatable bonds is 2. The van der Waals surface area contributed by atoms with Gasteiger partial charge in [-0.3, -0.25) is 9.78 Å². The molecule has 0 aliphatic heterocycles. The molecule has 5 nitrogen and oxygen atoms in total. The summed E-state index contributed by atoms with van der Waals surface area (Å²) in [5, 5.41) is 0. The van der Waals surface area contributed by atoms with Crippen molar-refractivity contribution >= 4 is 5.69 Å². The first-order valence-electron chi connectivity index (χ1n) is 6.10. The summed E-state index contributed by atoms with van der Waals surface area (Å²) in [5.74, 6) is 0.518. The van der Waals surface area contributed by atoms with Crippen LogP contribution in [0.2, 0.25) is 0 Å². The maximum atomic E-state index is 11.8. The first-order valence-corrected chi connectivity index (χ1v) is 6.10. The summed E-state index contributed by atoms with van der Waals surface area (Å²) in [5.41, 5.74) is 8.44. The van der Waals surface area contributed by atoms with E-state index in [4.69, 9.17) is 5.73 Å². The topological polar surface area (TPSA) is 84.7 Å². The van der Waals surface area contributed by atoms with Crippen molar-refractivity contribution in [1.29, 1.82) is 0 Å². The van der Waals surface area contributed by atoms with Crippen LogP contribution in [0.25, 0.3) is 22.6 Å². The van der Waals surface area contributed by atoms with Crippen molar-refractivity contribution in [3.63, 3.8) is 0 Å². The third kappa shape index (κ3) is 2.42. The molecule has 0 atom stereocenters. The van der Waals surface area contributed by atoms with Gasteiger partial charge in [0.2, 0.25) is 0 Å². The fourth-order valence-corrected chi connectivity index (χ4v) is 1.92. The first kappa shape index (κ1) is 12.1. The quantitative estimate of drug-likeness (QED) is 0.694. The lowest BCUT2D eigenvalue weighted by Crippen LogP contribution is -2.08. The van der Waals surface area contributed by atoms with Crippen molar-refractivity contribution in [3.8, 4) is 22.6 Å². The van der Waals surface area contributed by atoms with Gasteiger partial charge in [0.15, 0.2) is 0 Å². The van der Waals surface area contributed by atoms with Gasteiger partial charge in [0.25, 0.3) is 5.56 Å². The van der Waals surface area contributed by atoms with E-state index >= 15 is 0 Å². The molecule has 0 saturated heterocycles. The van der Waals surface area contributed by atoms with Gasteiger partial charge >= 0.3 is 0 Å². The average Bonchev–Trinajstić information content (AvgIpc) is 2.48. The van der Waals surface area contributed by atoms with Gasteiger partial charge in [-0.2, -0.15) is 4.98 Å². The van der Waals surface area contributed by atoms with Crippen LogP contribution >= 0.6 is 0 Å². The van der Waals surface area contributed by atoms with Crippen LogP contribution in [0.3, 0.4) is 0 Å². The number of hydrogen-bond donors (Lipinski definition) is 2. The number of anilines is 1. The molecular formula is C15H12N4O. The molecule has 2 aromatic heterocycles. The van der Waals surface area contributed by atoms with Crippen molar-refractivity contribution in [2.45, 2.75) is 0 Å². The standard InChI is InChI=1S/C15H12N4O/c16-12-3-1-11(2-4-12)15-18-13(9-14(20)19-15)10-5-7-17-8-6-10/h1-9H,16H2,(H,18,19,20). The molecular weight excluding hydrogens is 252 g/mol. The zero-order valence-electron chi connectivity index (χ0n) is 10.6.